The summed E-state index contributed by atoms with van der Waals surface area (Å²) < 4.78 is 35.0. The Hall–Kier alpha value is -1.60. The highest BCUT2D eigenvalue weighted by atomic mass is 79.9. The molecule has 38 heavy (non-hydrogen) atoms. The Labute approximate surface area is 242 Å². The molecule has 0 N–H and O–H groups in total. The first-order valence-corrected chi connectivity index (χ1v) is 15.7. The summed E-state index contributed by atoms with van der Waals surface area (Å²) in [5.41, 5.74) is 1.29. The molecular formula is C26H32BrClN4O4S2. The molecule has 8 nitrogen and oxygen atoms in total. The first kappa shape index (κ1) is 29.4. The molecule has 2 aliphatic rings. The number of hydrogen-bond acceptors (Lipinski definition) is 7. The summed E-state index contributed by atoms with van der Waals surface area (Å²) in [6, 6.07) is 12.2. The van der Waals surface area contributed by atoms with Gasteiger partial charge in [-0.3, -0.25) is 14.6 Å². The first-order valence-electron chi connectivity index (χ1n) is 12.7. The molecular weight excluding hydrogens is 612 g/mol. The van der Waals surface area contributed by atoms with Crippen LogP contribution in [0, 0.1) is 0 Å². The molecule has 3 aromatic rings. The number of sulfonamides is 1. The number of amides is 1. The van der Waals surface area contributed by atoms with E-state index in [-0.39, 0.29) is 23.2 Å². The Morgan fingerprint density at radius 3 is 2.45 bits per heavy atom. The number of fused-ring (bicyclic) bond motifs is 1. The minimum atomic E-state index is -3.55. The van der Waals surface area contributed by atoms with E-state index >= 15 is 0 Å². The standard InChI is InChI=1S/C26H31BrN4O4S2.ClH/c27-21-7-10-23-24(19-21)36-26(28-23)31(14-4-11-29-15-17-35-18-16-29)25(32)20-5-8-22(9-6-20)37(33,34)30-12-2-1-3-13-30;/h5-10,19H,1-4,11-18H2;1H. The number of halogens is 2. The molecule has 2 aromatic carbocycles. The summed E-state index contributed by atoms with van der Waals surface area (Å²) in [4.78, 5) is 22.8. The summed E-state index contributed by atoms with van der Waals surface area (Å²) >= 11 is 4.99. The SMILES string of the molecule is Cl.O=C(c1ccc(S(=O)(=O)N2CCCCC2)cc1)N(CCCN1CCOCC1)c1nc2ccc(Br)cc2s1. The van der Waals surface area contributed by atoms with Crippen molar-refractivity contribution in [2.75, 3.05) is 57.4 Å². The highest BCUT2D eigenvalue weighted by Gasteiger charge is 2.27. The van der Waals surface area contributed by atoms with E-state index in [1.54, 1.807) is 33.5 Å². The number of carbonyl (C=O) groups is 1. The van der Waals surface area contributed by atoms with Crippen LogP contribution in [-0.2, 0) is 14.8 Å². The molecule has 0 atom stereocenters. The predicted octanol–water partition coefficient (Wildman–Crippen LogP) is 5.02. The van der Waals surface area contributed by atoms with Gasteiger partial charge >= 0.3 is 0 Å². The number of benzene rings is 2. The molecule has 12 heteroatoms. The van der Waals surface area contributed by atoms with Crippen LogP contribution in [0.1, 0.15) is 36.0 Å². The molecule has 5 rings (SSSR count). The number of anilines is 1. The van der Waals surface area contributed by atoms with Crippen molar-refractivity contribution in [1.29, 1.82) is 0 Å². The minimum absolute atomic E-state index is 0. The van der Waals surface area contributed by atoms with Crippen molar-refractivity contribution < 1.29 is 17.9 Å². The van der Waals surface area contributed by atoms with Crippen LogP contribution in [-0.4, -0.2) is 81.0 Å². The molecule has 0 unspecified atom stereocenters. The fourth-order valence-electron chi connectivity index (χ4n) is 4.74. The number of aromatic nitrogens is 1. The topological polar surface area (TPSA) is 83.1 Å². The van der Waals surface area contributed by atoms with Crippen LogP contribution in [0.4, 0.5) is 5.13 Å². The van der Waals surface area contributed by atoms with Crippen molar-refractivity contribution in [3.63, 3.8) is 0 Å². The van der Waals surface area contributed by atoms with Crippen molar-refractivity contribution in [1.82, 2.24) is 14.2 Å². The first-order chi connectivity index (χ1) is 17.9. The average Bonchev–Trinajstić information content (AvgIpc) is 3.34. The van der Waals surface area contributed by atoms with E-state index in [9.17, 15) is 13.2 Å². The van der Waals surface area contributed by atoms with Gasteiger partial charge in [0, 0.05) is 49.3 Å². The van der Waals surface area contributed by atoms with Gasteiger partial charge in [0.1, 0.15) is 0 Å². The van der Waals surface area contributed by atoms with Crippen LogP contribution in [0.3, 0.4) is 0 Å². The van der Waals surface area contributed by atoms with Crippen LogP contribution in [0.25, 0.3) is 10.2 Å². The number of hydrogen-bond donors (Lipinski definition) is 0. The van der Waals surface area contributed by atoms with Crippen molar-refractivity contribution in [2.24, 2.45) is 0 Å². The van der Waals surface area contributed by atoms with E-state index < -0.39 is 10.0 Å². The highest BCUT2D eigenvalue weighted by Crippen LogP contribution is 2.32. The Morgan fingerprint density at radius 1 is 1.03 bits per heavy atom. The number of piperidine rings is 1. The number of carbonyl (C=O) groups excluding carboxylic acids is 1. The predicted molar refractivity (Wildman–Crippen MR) is 157 cm³/mol. The third kappa shape index (κ3) is 6.75. The van der Waals surface area contributed by atoms with Gasteiger partial charge in [-0.05, 0) is 61.7 Å². The van der Waals surface area contributed by atoms with Gasteiger partial charge in [-0.25, -0.2) is 13.4 Å². The smallest absolute Gasteiger partial charge is 0.260 e. The van der Waals surface area contributed by atoms with Crippen LogP contribution >= 0.6 is 39.7 Å². The second-order valence-corrected chi connectivity index (χ2v) is 13.2. The van der Waals surface area contributed by atoms with Gasteiger partial charge in [0.2, 0.25) is 10.0 Å². The summed E-state index contributed by atoms with van der Waals surface area (Å²) in [7, 11) is -3.55. The molecule has 0 aliphatic carbocycles. The quantitative estimate of drug-likeness (QED) is 0.343. The number of ether oxygens (including phenoxy) is 1. The number of morpholine rings is 1. The fraction of sp³-hybridized carbons (Fsp3) is 0.462. The molecule has 2 fully saturated rings. The second kappa shape index (κ2) is 13.2. The van der Waals surface area contributed by atoms with Crippen molar-refractivity contribution >= 4 is 71.0 Å². The molecule has 1 amide bonds. The molecule has 2 saturated heterocycles. The second-order valence-electron chi connectivity index (χ2n) is 9.36. The van der Waals surface area contributed by atoms with Gasteiger partial charge < -0.3 is 4.74 Å². The molecule has 0 saturated carbocycles. The zero-order valence-corrected chi connectivity index (χ0v) is 25.1. The van der Waals surface area contributed by atoms with Gasteiger partial charge in [0.15, 0.2) is 5.13 Å². The maximum Gasteiger partial charge on any atom is 0.260 e. The number of rotatable bonds is 8. The van der Waals surface area contributed by atoms with E-state index in [1.807, 2.05) is 18.2 Å². The largest absolute Gasteiger partial charge is 0.379 e. The van der Waals surface area contributed by atoms with Gasteiger partial charge in [0.25, 0.3) is 5.91 Å². The van der Waals surface area contributed by atoms with E-state index in [1.165, 1.54) is 11.3 Å². The van der Waals surface area contributed by atoms with E-state index in [4.69, 9.17) is 9.72 Å². The maximum atomic E-state index is 13.7. The molecule has 2 aliphatic heterocycles. The molecule has 206 valence electrons. The Bertz CT molecular complexity index is 1340. The number of nitrogens with zero attached hydrogens (tertiary/aromatic N) is 4. The lowest BCUT2D eigenvalue weighted by Gasteiger charge is -2.28. The normalized spacial score (nSPS) is 17.3. The number of thiazole rings is 1. The Morgan fingerprint density at radius 2 is 1.74 bits per heavy atom. The van der Waals surface area contributed by atoms with Gasteiger partial charge in [0.05, 0.1) is 28.3 Å². The van der Waals surface area contributed by atoms with Crippen molar-refractivity contribution in [3.8, 4) is 0 Å². The lowest BCUT2D eigenvalue weighted by molar-refractivity contribution is 0.0376. The average molecular weight is 644 g/mol. The van der Waals surface area contributed by atoms with Crippen molar-refractivity contribution in [2.45, 2.75) is 30.6 Å². The van der Waals surface area contributed by atoms with Crippen LogP contribution in [0.15, 0.2) is 51.8 Å². The van der Waals surface area contributed by atoms with Gasteiger partial charge in [-0.2, -0.15) is 4.31 Å². The Balaban J connectivity index is 0.00000336. The molecule has 0 spiro atoms. The molecule has 3 heterocycles. The van der Waals surface area contributed by atoms with Crippen LogP contribution in [0.5, 0.6) is 0 Å². The third-order valence-electron chi connectivity index (χ3n) is 6.83. The van der Waals surface area contributed by atoms with Gasteiger partial charge in [-0.1, -0.05) is 33.7 Å². The van der Waals surface area contributed by atoms with Crippen molar-refractivity contribution in [3.05, 3.63) is 52.5 Å². The maximum absolute atomic E-state index is 13.7. The third-order valence-corrected chi connectivity index (χ3v) is 10.3. The van der Waals surface area contributed by atoms with Crippen LogP contribution in [0.2, 0.25) is 0 Å². The summed E-state index contributed by atoms with van der Waals surface area (Å²) in [6.45, 7) is 5.76. The summed E-state index contributed by atoms with van der Waals surface area (Å²) in [6.07, 6.45) is 3.62. The highest BCUT2D eigenvalue weighted by molar-refractivity contribution is 9.10. The molecule has 1 aromatic heterocycles. The molecule has 0 radical (unpaired) electrons. The van der Waals surface area contributed by atoms with Crippen LogP contribution < -0.4 is 4.90 Å². The Kier molecular flexibility index (Phi) is 10.2. The summed E-state index contributed by atoms with van der Waals surface area (Å²) in [5.74, 6) is -0.179. The zero-order chi connectivity index (χ0) is 25.8. The van der Waals surface area contributed by atoms with Gasteiger partial charge in [-0.15, -0.1) is 12.4 Å². The lowest BCUT2D eigenvalue weighted by Crippen LogP contribution is -2.39. The summed E-state index contributed by atoms with van der Waals surface area (Å²) in [5, 5.41) is 0.644. The van der Waals surface area contributed by atoms with E-state index in [2.05, 4.69) is 20.8 Å². The zero-order valence-electron chi connectivity index (χ0n) is 21.1. The monoisotopic (exact) mass is 642 g/mol. The lowest BCUT2D eigenvalue weighted by atomic mass is 10.2. The molecule has 0 bridgehead atoms. The van der Waals surface area contributed by atoms with E-state index in [0.29, 0.717) is 30.3 Å². The fourth-order valence-corrected chi connectivity index (χ4v) is 7.80. The minimum Gasteiger partial charge on any atom is -0.379 e. The van der Waals surface area contributed by atoms with E-state index in [0.717, 1.165) is 73.2 Å².